The molecule has 0 aromatic carbocycles. The van der Waals surface area contributed by atoms with Gasteiger partial charge in [-0.25, -0.2) is 13.1 Å². The molecule has 0 spiro atoms. The van der Waals surface area contributed by atoms with E-state index in [-0.39, 0.29) is 6.04 Å². The van der Waals surface area contributed by atoms with Crippen molar-refractivity contribution < 1.29 is 13.2 Å². The number of halogens is 1. The van der Waals surface area contributed by atoms with Gasteiger partial charge >= 0.3 is 0 Å². The monoisotopic (exact) mass is 287 g/mol. The summed E-state index contributed by atoms with van der Waals surface area (Å²) in [5.74, 6) is 0. The lowest BCUT2D eigenvalue weighted by Gasteiger charge is -2.18. The van der Waals surface area contributed by atoms with E-state index in [4.69, 9.17) is 4.74 Å². The van der Waals surface area contributed by atoms with Crippen molar-refractivity contribution in [2.24, 2.45) is 0 Å². The van der Waals surface area contributed by atoms with Crippen molar-refractivity contribution in [2.45, 2.75) is 31.6 Å². The largest absolute Gasteiger partial charge is 0.383 e. The van der Waals surface area contributed by atoms with Crippen molar-refractivity contribution in [1.29, 1.82) is 0 Å². The average molecular weight is 288 g/mol. The van der Waals surface area contributed by atoms with Crippen LogP contribution in [0.25, 0.3) is 0 Å². The number of ether oxygens (including phenoxy) is 1. The third kappa shape index (κ3) is 5.29. The van der Waals surface area contributed by atoms with Crippen LogP contribution in [0.1, 0.15) is 20.3 Å². The summed E-state index contributed by atoms with van der Waals surface area (Å²) in [7, 11) is -1.63. The van der Waals surface area contributed by atoms with Crippen molar-refractivity contribution in [2.75, 3.05) is 19.0 Å². The predicted octanol–water partition coefficient (Wildman–Crippen LogP) is 1.11. The Morgan fingerprint density at radius 2 is 2.00 bits per heavy atom. The highest BCUT2D eigenvalue weighted by Gasteiger charge is 2.20. The molecule has 0 aromatic heterocycles. The zero-order chi connectivity index (χ0) is 11.2. The van der Waals surface area contributed by atoms with Crippen LogP contribution in [0.5, 0.6) is 0 Å². The maximum Gasteiger partial charge on any atom is 0.214 e. The highest BCUT2D eigenvalue weighted by molar-refractivity contribution is 9.09. The number of methoxy groups -OCH3 is 1. The van der Waals surface area contributed by atoms with Crippen LogP contribution in [0.3, 0.4) is 0 Å². The molecular weight excluding hydrogens is 270 g/mol. The van der Waals surface area contributed by atoms with E-state index in [1.807, 2.05) is 0 Å². The lowest BCUT2D eigenvalue weighted by atomic mass is 10.3. The van der Waals surface area contributed by atoms with Crippen molar-refractivity contribution in [1.82, 2.24) is 4.72 Å². The summed E-state index contributed by atoms with van der Waals surface area (Å²) in [5, 5.41) is 0.346. The first-order valence-corrected chi connectivity index (χ1v) is 7.17. The third-order valence-corrected chi connectivity index (χ3v) is 4.14. The number of nitrogens with one attached hydrogen (secondary N) is 1. The molecule has 6 heteroatoms. The lowest BCUT2D eigenvalue weighted by Crippen LogP contribution is -2.41. The second-order valence-electron chi connectivity index (χ2n) is 3.34. The summed E-state index contributed by atoms with van der Waals surface area (Å²) in [5.41, 5.74) is 0. The maximum atomic E-state index is 11.5. The number of hydrogen-bond donors (Lipinski definition) is 1. The van der Waals surface area contributed by atoms with Crippen LogP contribution < -0.4 is 4.72 Å². The fourth-order valence-electron chi connectivity index (χ4n) is 0.878. The van der Waals surface area contributed by atoms with Gasteiger partial charge in [-0.15, -0.1) is 0 Å². The van der Waals surface area contributed by atoms with Gasteiger partial charge in [0.2, 0.25) is 10.0 Å². The first kappa shape index (κ1) is 14.3. The second kappa shape index (κ2) is 6.76. The van der Waals surface area contributed by atoms with E-state index in [9.17, 15) is 8.42 Å². The van der Waals surface area contributed by atoms with Gasteiger partial charge in [0.15, 0.2) is 0 Å². The number of alkyl halides is 1. The minimum absolute atomic E-state index is 0.147. The molecule has 4 nitrogen and oxygen atoms in total. The zero-order valence-electron chi connectivity index (χ0n) is 8.79. The van der Waals surface area contributed by atoms with Crippen LogP contribution in [0.2, 0.25) is 0 Å². The fourth-order valence-corrected chi connectivity index (χ4v) is 2.35. The van der Waals surface area contributed by atoms with Crippen LogP contribution in [-0.4, -0.2) is 38.8 Å². The summed E-state index contributed by atoms with van der Waals surface area (Å²) in [6.07, 6.45) is 0.722. The molecule has 1 unspecified atom stereocenters. The standard InChI is InChI=1S/C8H18BrNO3S/c1-7(2)14(11,12)10-8(4-5-9)6-13-3/h7-8,10H,4-6H2,1-3H3. The van der Waals surface area contributed by atoms with E-state index in [1.54, 1.807) is 21.0 Å². The first-order valence-electron chi connectivity index (χ1n) is 4.50. The van der Waals surface area contributed by atoms with Gasteiger partial charge in [-0.1, -0.05) is 15.9 Å². The van der Waals surface area contributed by atoms with Gasteiger partial charge in [0, 0.05) is 18.5 Å². The Morgan fingerprint density at radius 1 is 1.43 bits per heavy atom. The molecule has 0 aliphatic rings. The highest BCUT2D eigenvalue weighted by Crippen LogP contribution is 2.03. The molecule has 14 heavy (non-hydrogen) atoms. The Bertz CT molecular complexity index is 235. The summed E-state index contributed by atoms with van der Waals surface area (Å²) in [6, 6.07) is -0.147. The van der Waals surface area contributed by atoms with Crippen LogP contribution in [0, 0.1) is 0 Å². The molecule has 0 aliphatic heterocycles. The molecule has 1 N–H and O–H groups in total. The van der Waals surface area contributed by atoms with E-state index in [1.165, 1.54) is 0 Å². The Labute approximate surface area is 94.6 Å². The molecule has 86 valence electrons. The Hall–Kier alpha value is 0.350. The van der Waals surface area contributed by atoms with E-state index in [2.05, 4.69) is 20.7 Å². The molecule has 0 radical (unpaired) electrons. The highest BCUT2D eigenvalue weighted by atomic mass is 79.9. The second-order valence-corrected chi connectivity index (χ2v) is 6.40. The molecule has 0 saturated carbocycles. The van der Waals surface area contributed by atoms with Gasteiger partial charge in [-0.3, -0.25) is 0 Å². The van der Waals surface area contributed by atoms with Crippen LogP contribution in [0.15, 0.2) is 0 Å². The van der Waals surface area contributed by atoms with Gasteiger partial charge in [-0.2, -0.15) is 0 Å². The van der Waals surface area contributed by atoms with Gasteiger partial charge in [0.25, 0.3) is 0 Å². The number of rotatable bonds is 7. The zero-order valence-corrected chi connectivity index (χ0v) is 11.2. The van der Waals surface area contributed by atoms with Crippen molar-refractivity contribution in [3.8, 4) is 0 Å². The maximum absolute atomic E-state index is 11.5. The molecule has 0 fully saturated rings. The molecule has 0 rings (SSSR count). The van der Waals surface area contributed by atoms with Crippen molar-refractivity contribution in [3.63, 3.8) is 0 Å². The minimum atomic E-state index is -3.19. The van der Waals surface area contributed by atoms with Crippen LogP contribution >= 0.6 is 15.9 Å². The smallest absolute Gasteiger partial charge is 0.214 e. The topological polar surface area (TPSA) is 55.4 Å². The summed E-state index contributed by atoms with van der Waals surface area (Å²) in [6.45, 7) is 3.71. The number of hydrogen-bond acceptors (Lipinski definition) is 3. The Morgan fingerprint density at radius 3 is 2.36 bits per heavy atom. The lowest BCUT2D eigenvalue weighted by molar-refractivity contribution is 0.173. The normalized spacial score (nSPS) is 14.6. The molecular formula is C8H18BrNO3S. The summed E-state index contributed by atoms with van der Waals surface area (Å²) < 4.78 is 30.6. The van der Waals surface area contributed by atoms with Crippen LogP contribution in [-0.2, 0) is 14.8 Å². The average Bonchev–Trinajstić information content (AvgIpc) is 2.04. The van der Waals surface area contributed by atoms with E-state index in [0.29, 0.717) is 6.61 Å². The first-order chi connectivity index (χ1) is 6.44. The van der Waals surface area contributed by atoms with E-state index >= 15 is 0 Å². The predicted molar refractivity (Wildman–Crippen MR) is 61.3 cm³/mol. The minimum Gasteiger partial charge on any atom is -0.383 e. The molecule has 0 aliphatic carbocycles. The summed E-state index contributed by atoms with van der Waals surface area (Å²) >= 11 is 3.27. The van der Waals surface area contributed by atoms with Gasteiger partial charge < -0.3 is 4.74 Å². The van der Waals surface area contributed by atoms with Gasteiger partial charge in [0.1, 0.15) is 0 Å². The molecule has 0 bridgehead atoms. The number of sulfonamides is 1. The van der Waals surface area contributed by atoms with E-state index < -0.39 is 15.3 Å². The quantitative estimate of drug-likeness (QED) is 0.714. The fraction of sp³-hybridized carbons (Fsp3) is 1.00. The van der Waals surface area contributed by atoms with Gasteiger partial charge in [0.05, 0.1) is 11.9 Å². The Kier molecular flexibility index (Phi) is 6.93. The van der Waals surface area contributed by atoms with Crippen LogP contribution in [0.4, 0.5) is 0 Å². The third-order valence-electron chi connectivity index (χ3n) is 1.78. The van der Waals surface area contributed by atoms with Crippen molar-refractivity contribution >= 4 is 26.0 Å². The molecule has 0 heterocycles. The SMILES string of the molecule is COCC(CCBr)NS(=O)(=O)C(C)C. The van der Waals surface area contributed by atoms with Crippen molar-refractivity contribution in [3.05, 3.63) is 0 Å². The molecule has 1 atom stereocenters. The van der Waals surface area contributed by atoms with Gasteiger partial charge in [-0.05, 0) is 20.3 Å². The molecule has 0 amide bonds. The Balaban J connectivity index is 4.28. The summed E-state index contributed by atoms with van der Waals surface area (Å²) in [4.78, 5) is 0. The molecule has 0 aromatic rings. The van der Waals surface area contributed by atoms with E-state index in [0.717, 1.165) is 11.8 Å². The molecule has 0 saturated heterocycles.